The molecule has 0 aliphatic carbocycles. The molecule has 1 aromatic heterocycles. The maximum Gasteiger partial charge on any atom is 0.498 e. The summed E-state index contributed by atoms with van der Waals surface area (Å²) in [5, 5.41) is 0. The molecule has 144 valence electrons. The minimum atomic E-state index is -0.418. The third-order valence-electron chi connectivity index (χ3n) is 5.97. The van der Waals surface area contributed by atoms with E-state index < -0.39 is 7.12 Å². The molecule has 2 aliphatic heterocycles. The highest BCUT2D eigenvalue weighted by Crippen LogP contribution is 2.36. The third-order valence-corrected chi connectivity index (χ3v) is 5.97. The summed E-state index contributed by atoms with van der Waals surface area (Å²) in [5.41, 5.74) is 5.84. The Morgan fingerprint density at radius 1 is 1.23 bits per heavy atom. The van der Waals surface area contributed by atoms with Gasteiger partial charge in [0.05, 0.1) is 11.2 Å². The van der Waals surface area contributed by atoms with Crippen LogP contribution in [-0.2, 0) is 9.31 Å². The van der Waals surface area contributed by atoms with Gasteiger partial charge in [-0.1, -0.05) is 0 Å². The Kier molecular flexibility index (Phi) is 5.58. The fourth-order valence-corrected chi connectivity index (χ4v) is 3.48. The van der Waals surface area contributed by atoms with Crippen LogP contribution >= 0.6 is 0 Å². The number of nitrogens with zero attached hydrogens (tertiary/aromatic N) is 4. The Morgan fingerprint density at radius 2 is 1.85 bits per heavy atom. The van der Waals surface area contributed by atoms with Gasteiger partial charge in [0.25, 0.3) is 0 Å². The van der Waals surface area contributed by atoms with E-state index in [4.69, 9.17) is 15.0 Å². The smallest absolute Gasteiger partial charge is 0.399 e. The van der Waals surface area contributed by atoms with Crippen LogP contribution < -0.4 is 16.1 Å². The standard InChI is InChI=1S/C18H32BN5O2/c1-17(2)18(3,4)26-19(25-17)14-11-21-16(22-12-14)24-9-6-7-15(13-24)23(5)10-8-20/h11-12,15H,6-10,13,20H2,1-5H3. The summed E-state index contributed by atoms with van der Waals surface area (Å²) in [5.74, 6) is 0.774. The van der Waals surface area contributed by atoms with Gasteiger partial charge in [0.2, 0.25) is 5.95 Å². The molecule has 0 amide bonds. The minimum Gasteiger partial charge on any atom is -0.399 e. The van der Waals surface area contributed by atoms with Crippen LogP contribution in [0.5, 0.6) is 0 Å². The maximum atomic E-state index is 6.08. The summed E-state index contributed by atoms with van der Waals surface area (Å²) in [4.78, 5) is 13.8. The highest BCUT2D eigenvalue weighted by atomic mass is 16.7. The molecule has 8 heteroatoms. The summed E-state index contributed by atoms with van der Waals surface area (Å²) in [6, 6.07) is 0.499. The van der Waals surface area contributed by atoms with Crippen molar-refractivity contribution >= 4 is 18.5 Å². The first kappa shape index (κ1) is 19.5. The van der Waals surface area contributed by atoms with Gasteiger partial charge in [0, 0.05) is 50.1 Å². The van der Waals surface area contributed by atoms with Gasteiger partial charge in [-0.3, -0.25) is 0 Å². The molecule has 1 aromatic rings. The van der Waals surface area contributed by atoms with Crippen molar-refractivity contribution < 1.29 is 9.31 Å². The van der Waals surface area contributed by atoms with Crippen molar-refractivity contribution in [1.29, 1.82) is 0 Å². The predicted molar refractivity (Wildman–Crippen MR) is 105 cm³/mol. The number of hydrogen-bond donors (Lipinski definition) is 1. The average Bonchev–Trinajstić information content (AvgIpc) is 2.83. The van der Waals surface area contributed by atoms with Crippen LogP contribution in [0.25, 0.3) is 0 Å². The molecule has 3 rings (SSSR count). The van der Waals surface area contributed by atoms with Crippen LogP contribution in [-0.4, -0.2) is 72.5 Å². The van der Waals surface area contributed by atoms with Gasteiger partial charge in [0.1, 0.15) is 0 Å². The number of aromatic nitrogens is 2. The van der Waals surface area contributed by atoms with Crippen molar-refractivity contribution in [3.05, 3.63) is 12.4 Å². The van der Waals surface area contributed by atoms with E-state index in [0.29, 0.717) is 12.6 Å². The SMILES string of the molecule is CN(CCN)C1CCCN(c2ncc(B3OC(C)(C)C(C)(C)O3)cn2)C1. The highest BCUT2D eigenvalue weighted by molar-refractivity contribution is 6.61. The lowest BCUT2D eigenvalue weighted by Gasteiger charge is -2.37. The van der Waals surface area contributed by atoms with Gasteiger partial charge in [-0.15, -0.1) is 0 Å². The highest BCUT2D eigenvalue weighted by Gasteiger charge is 2.52. The van der Waals surface area contributed by atoms with Crippen LogP contribution in [0.4, 0.5) is 5.95 Å². The molecule has 0 aromatic carbocycles. The first-order valence-electron chi connectivity index (χ1n) is 9.56. The van der Waals surface area contributed by atoms with Crippen LogP contribution in [0, 0.1) is 0 Å². The van der Waals surface area contributed by atoms with Crippen LogP contribution in [0.3, 0.4) is 0 Å². The minimum absolute atomic E-state index is 0.357. The summed E-state index contributed by atoms with van der Waals surface area (Å²) < 4.78 is 12.2. The molecular weight excluding hydrogens is 329 g/mol. The van der Waals surface area contributed by atoms with Gasteiger partial charge in [0.15, 0.2) is 0 Å². The Morgan fingerprint density at radius 3 is 2.42 bits per heavy atom. The van der Waals surface area contributed by atoms with E-state index in [1.54, 1.807) is 0 Å². The molecule has 7 nitrogen and oxygen atoms in total. The maximum absolute atomic E-state index is 6.08. The second-order valence-corrected chi connectivity index (χ2v) is 8.42. The molecule has 1 atom stereocenters. The summed E-state index contributed by atoms with van der Waals surface area (Å²) in [6.45, 7) is 11.7. The van der Waals surface area contributed by atoms with Crippen molar-refractivity contribution in [2.75, 3.05) is 38.1 Å². The van der Waals surface area contributed by atoms with Gasteiger partial charge >= 0.3 is 7.12 Å². The van der Waals surface area contributed by atoms with E-state index in [2.05, 4.69) is 26.8 Å². The molecule has 0 spiro atoms. The monoisotopic (exact) mass is 361 g/mol. The molecule has 26 heavy (non-hydrogen) atoms. The summed E-state index contributed by atoms with van der Waals surface area (Å²) in [6.07, 6.45) is 6.00. The number of rotatable bonds is 5. The number of piperidine rings is 1. The van der Waals surface area contributed by atoms with Gasteiger partial charge in [-0.2, -0.15) is 0 Å². The molecule has 0 bridgehead atoms. The zero-order valence-corrected chi connectivity index (χ0v) is 16.7. The van der Waals surface area contributed by atoms with E-state index in [1.165, 1.54) is 6.42 Å². The molecule has 0 saturated carbocycles. The number of hydrogen-bond acceptors (Lipinski definition) is 7. The van der Waals surface area contributed by atoms with Crippen molar-refractivity contribution in [2.45, 2.75) is 57.8 Å². The first-order chi connectivity index (χ1) is 12.2. The van der Waals surface area contributed by atoms with E-state index in [-0.39, 0.29) is 11.2 Å². The molecule has 0 radical (unpaired) electrons. The second-order valence-electron chi connectivity index (χ2n) is 8.42. The largest absolute Gasteiger partial charge is 0.498 e. The molecule has 3 heterocycles. The van der Waals surface area contributed by atoms with Gasteiger partial charge < -0.3 is 24.8 Å². The van der Waals surface area contributed by atoms with Crippen molar-refractivity contribution in [1.82, 2.24) is 14.9 Å². The number of nitrogens with two attached hydrogens (primary N) is 1. The Hall–Kier alpha value is -1.22. The topological polar surface area (TPSA) is 76.7 Å². The zero-order valence-electron chi connectivity index (χ0n) is 16.7. The molecule has 2 saturated heterocycles. The van der Waals surface area contributed by atoms with E-state index >= 15 is 0 Å². The fourth-order valence-electron chi connectivity index (χ4n) is 3.48. The normalized spacial score (nSPS) is 25.1. The van der Waals surface area contributed by atoms with Crippen LogP contribution in [0.1, 0.15) is 40.5 Å². The summed E-state index contributed by atoms with van der Waals surface area (Å²) in [7, 11) is 1.72. The lowest BCUT2D eigenvalue weighted by molar-refractivity contribution is 0.00578. The van der Waals surface area contributed by atoms with Crippen LogP contribution in [0.2, 0.25) is 0 Å². The number of likely N-dealkylation sites (N-methyl/N-ethyl adjacent to an activating group) is 1. The van der Waals surface area contributed by atoms with Crippen molar-refractivity contribution in [3.8, 4) is 0 Å². The van der Waals surface area contributed by atoms with Crippen molar-refractivity contribution in [3.63, 3.8) is 0 Å². The zero-order chi connectivity index (χ0) is 18.9. The first-order valence-corrected chi connectivity index (χ1v) is 9.56. The van der Waals surface area contributed by atoms with E-state index in [0.717, 1.165) is 37.5 Å². The molecule has 2 N–H and O–H groups in total. The van der Waals surface area contributed by atoms with E-state index in [9.17, 15) is 0 Å². The van der Waals surface area contributed by atoms with Gasteiger partial charge in [-0.05, 0) is 47.6 Å². The second kappa shape index (κ2) is 7.42. The average molecular weight is 361 g/mol. The fraction of sp³-hybridized carbons (Fsp3) is 0.778. The van der Waals surface area contributed by atoms with Gasteiger partial charge in [-0.25, -0.2) is 9.97 Å². The Balaban J connectivity index is 1.66. The Labute approximate surface area is 157 Å². The molecule has 2 aliphatic rings. The lowest BCUT2D eigenvalue weighted by Crippen LogP contribution is -2.48. The quantitative estimate of drug-likeness (QED) is 0.771. The molecule has 2 fully saturated rings. The van der Waals surface area contributed by atoms with E-state index in [1.807, 2.05) is 40.1 Å². The predicted octanol–water partition coefficient (Wildman–Crippen LogP) is 0.635. The summed E-state index contributed by atoms with van der Waals surface area (Å²) >= 11 is 0. The molecular formula is C18H32BN5O2. The van der Waals surface area contributed by atoms with Crippen LogP contribution in [0.15, 0.2) is 12.4 Å². The molecule has 1 unspecified atom stereocenters. The van der Waals surface area contributed by atoms with Crippen molar-refractivity contribution in [2.24, 2.45) is 5.73 Å². The lowest BCUT2D eigenvalue weighted by atomic mass is 9.81. The third kappa shape index (κ3) is 3.88. The Bertz CT molecular complexity index is 594. The number of anilines is 1.